The molecule has 80 valence electrons. The van der Waals surface area contributed by atoms with Gasteiger partial charge in [0.15, 0.2) is 0 Å². The normalized spacial score (nSPS) is 27.6. The predicted octanol–water partition coefficient (Wildman–Crippen LogP) is 4.10. The Morgan fingerprint density at radius 1 is 1.36 bits per heavy atom. The Morgan fingerprint density at radius 2 is 2.00 bits per heavy atom. The van der Waals surface area contributed by atoms with Gasteiger partial charge < -0.3 is 0 Å². The van der Waals surface area contributed by atoms with Crippen molar-refractivity contribution >= 4 is 0 Å². The number of halogens is 3. The van der Waals surface area contributed by atoms with Gasteiger partial charge in [0.25, 0.3) is 0 Å². The summed E-state index contributed by atoms with van der Waals surface area (Å²) in [4.78, 5) is 0. The molecule has 0 heterocycles. The maximum atomic E-state index is 12.3. The van der Waals surface area contributed by atoms with E-state index in [1.165, 1.54) is 12.2 Å². The summed E-state index contributed by atoms with van der Waals surface area (Å²) in [6.45, 7) is 3.89. The van der Waals surface area contributed by atoms with Crippen LogP contribution in [0.5, 0.6) is 0 Å². The van der Waals surface area contributed by atoms with Crippen LogP contribution >= 0.6 is 0 Å². The highest BCUT2D eigenvalue weighted by atomic mass is 19.4. The molecule has 0 fully saturated rings. The molecule has 0 spiro atoms. The first kappa shape index (κ1) is 11.3. The minimum absolute atomic E-state index is 0.00317. The van der Waals surface area contributed by atoms with Gasteiger partial charge in [-0.3, -0.25) is 0 Å². The average Bonchev–Trinajstić information content (AvgIpc) is 2.07. The molecule has 0 aliphatic heterocycles. The van der Waals surface area contributed by atoms with Crippen molar-refractivity contribution in [1.29, 1.82) is 0 Å². The Kier molecular flexibility index (Phi) is 3.40. The van der Waals surface area contributed by atoms with Crippen LogP contribution in [-0.4, -0.2) is 6.18 Å². The van der Waals surface area contributed by atoms with Gasteiger partial charge in [0.1, 0.15) is 0 Å². The summed E-state index contributed by atoms with van der Waals surface area (Å²) in [6, 6.07) is 0. The van der Waals surface area contributed by atoms with Crippen molar-refractivity contribution in [3.63, 3.8) is 0 Å². The van der Waals surface area contributed by atoms with Crippen molar-refractivity contribution in [1.82, 2.24) is 0 Å². The Morgan fingerprint density at radius 3 is 2.43 bits per heavy atom. The van der Waals surface area contributed by atoms with Gasteiger partial charge in [-0.15, -0.1) is 0 Å². The van der Waals surface area contributed by atoms with E-state index in [0.717, 1.165) is 12.8 Å². The zero-order valence-electron chi connectivity index (χ0n) is 8.43. The molecule has 0 amide bonds. The first-order valence-electron chi connectivity index (χ1n) is 4.92. The fourth-order valence-electron chi connectivity index (χ4n) is 1.75. The second-order valence-corrected chi connectivity index (χ2v) is 3.79. The second kappa shape index (κ2) is 4.20. The van der Waals surface area contributed by atoms with Gasteiger partial charge in [-0.25, -0.2) is 0 Å². The van der Waals surface area contributed by atoms with Gasteiger partial charge in [-0.2, -0.15) is 13.2 Å². The maximum absolute atomic E-state index is 12.3. The molecule has 0 aromatic rings. The number of hydrogen-bond acceptors (Lipinski definition) is 0. The van der Waals surface area contributed by atoms with E-state index in [9.17, 15) is 13.2 Å². The van der Waals surface area contributed by atoms with Crippen molar-refractivity contribution in [2.24, 2.45) is 11.8 Å². The topological polar surface area (TPSA) is 0 Å². The fraction of sp³-hybridized carbons (Fsp3) is 0.636. The van der Waals surface area contributed by atoms with E-state index in [1.807, 2.05) is 13.8 Å². The Balaban J connectivity index is 2.72. The standard InChI is InChI=1S/C11H15F3/c1-3-4-9-5-6-10(7-8(9)2)11(12,13)14/h5-9H,3-4H2,1-2H3. The van der Waals surface area contributed by atoms with E-state index in [2.05, 4.69) is 0 Å². The van der Waals surface area contributed by atoms with Gasteiger partial charge in [-0.1, -0.05) is 38.5 Å². The van der Waals surface area contributed by atoms with Gasteiger partial charge >= 0.3 is 6.18 Å². The first-order chi connectivity index (χ1) is 6.45. The molecule has 0 aromatic heterocycles. The maximum Gasteiger partial charge on any atom is 0.416 e. The molecule has 2 atom stereocenters. The summed E-state index contributed by atoms with van der Waals surface area (Å²) < 4.78 is 36.9. The molecule has 2 unspecified atom stereocenters. The summed E-state index contributed by atoms with van der Waals surface area (Å²) in [5, 5.41) is 0. The first-order valence-corrected chi connectivity index (χ1v) is 4.92. The lowest BCUT2D eigenvalue weighted by Crippen LogP contribution is -2.18. The van der Waals surface area contributed by atoms with Crippen LogP contribution in [0.4, 0.5) is 13.2 Å². The SMILES string of the molecule is CCCC1C=CC(C(F)(F)F)=CC1C. The van der Waals surface area contributed by atoms with E-state index in [4.69, 9.17) is 0 Å². The third kappa shape index (κ3) is 2.63. The third-order valence-corrected chi connectivity index (χ3v) is 2.59. The molecule has 0 aromatic carbocycles. The molecule has 0 saturated carbocycles. The number of rotatable bonds is 2. The largest absolute Gasteiger partial charge is 0.416 e. The lowest BCUT2D eigenvalue weighted by molar-refractivity contribution is -0.0890. The van der Waals surface area contributed by atoms with E-state index in [0.29, 0.717) is 0 Å². The minimum atomic E-state index is -4.19. The van der Waals surface area contributed by atoms with Gasteiger partial charge in [0.05, 0.1) is 5.57 Å². The number of hydrogen-bond donors (Lipinski definition) is 0. The summed E-state index contributed by atoms with van der Waals surface area (Å²) in [5.74, 6) is 0.266. The van der Waals surface area contributed by atoms with Crippen LogP contribution < -0.4 is 0 Å². The van der Waals surface area contributed by atoms with Crippen molar-refractivity contribution < 1.29 is 13.2 Å². The van der Waals surface area contributed by atoms with Crippen molar-refractivity contribution in [3.8, 4) is 0 Å². The summed E-state index contributed by atoms with van der Waals surface area (Å²) in [5.41, 5.74) is -0.502. The molecule has 0 nitrogen and oxygen atoms in total. The monoisotopic (exact) mass is 204 g/mol. The molecular weight excluding hydrogens is 189 g/mol. The molecule has 1 aliphatic carbocycles. The van der Waals surface area contributed by atoms with Gasteiger partial charge in [-0.05, 0) is 18.3 Å². The molecule has 0 N–H and O–H groups in total. The molecule has 0 radical (unpaired) electrons. The van der Waals surface area contributed by atoms with Gasteiger partial charge in [0.2, 0.25) is 0 Å². The molecule has 14 heavy (non-hydrogen) atoms. The highest BCUT2D eigenvalue weighted by Crippen LogP contribution is 2.34. The quantitative estimate of drug-likeness (QED) is 0.635. The lowest BCUT2D eigenvalue weighted by Gasteiger charge is -2.23. The minimum Gasteiger partial charge on any atom is -0.166 e. The molecule has 1 aliphatic rings. The number of allylic oxidation sites excluding steroid dienone is 4. The summed E-state index contributed by atoms with van der Waals surface area (Å²) in [6.07, 6.45) is 2.01. The summed E-state index contributed by atoms with van der Waals surface area (Å²) >= 11 is 0. The van der Waals surface area contributed by atoms with Crippen molar-refractivity contribution in [2.45, 2.75) is 32.9 Å². The summed E-state index contributed by atoms with van der Waals surface area (Å²) in [7, 11) is 0. The highest BCUT2D eigenvalue weighted by molar-refractivity contribution is 5.29. The van der Waals surface area contributed by atoms with Crippen LogP contribution in [-0.2, 0) is 0 Å². The molecular formula is C11H15F3. The smallest absolute Gasteiger partial charge is 0.166 e. The Labute approximate surface area is 82.5 Å². The van der Waals surface area contributed by atoms with Gasteiger partial charge in [0, 0.05) is 0 Å². The molecule has 3 heteroatoms. The van der Waals surface area contributed by atoms with Crippen LogP contribution in [0.15, 0.2) is 23.8 Å². The van der Waals surface area contributed by atoms with Crippen LogP contribution in [0, 0.1) is 11.8 Å². The van der Waals surface area contributed by atoms with Crippen molar-refractivity contribution in [3.05, 3.63) is 23.8 Å². The fourth-order valence-corrected chi connectivity index (χ4v) is 1.75. The van der Waals surface area contributed by atoms with Crippen LogP contribution in [0.25, 0.3) is 0 Å². The second-order valence-electron chi connectivity index (χ2n) is 3.79. The number of alkyl halides is 3. The third-order valence-electron chi connectivity index (χ3n) is 2.59. The van der Waals surface area contributed by atoms with E-state index in [1.54, 1.807) is 6.08 Å². The van der Waals surface area contributed by atoms with E-state index in [-0.39, 0.29) is 11.8 Å². The van der Waals surface area contributed by atoms with Crippen LogP contribution in [0.3, 0.4) is 0 Å². The van der Waals surface area contributed by atoms with Crippen molar-refractivity contribution in [2.75, 3.05) is 0 Å². The molecule has 0 bridgehead atoms. The highest BCUT2D eigenvalue weighted by Gasteiger charge is 2.34. The van der Waals surface area contributed by atoms with E-state index < -0.39 is 11.7 Å². The van der Waals surface area contributed by atoms with E-state index >= 15 is 0 Å². The average molecular weight is 204 g/mol. The lowest BCUT2D eigenvalue weighted by atomic mass is 9.84. The van der Waals surface area contributed by atoms with Crippen LogP contribution in [0.2, 0.25) is 0 Å². The molecule has 0 saturated heterocycles. The Bertz CT molecular complexity index is 248. The zero-order chi connectivity index (χ0) is 10.8. The molecule has 1 rings (SSSR count). The predicted molar refractivity (Wildman–Crippen MR) is 50.8 cm³/mol. The Hall–Kier alpha value is -0.730. The zero-order valence-corrected chi connectivity index (χ0v) is 8.43. The van der Waals surface area contributed by atoms with Crippen LogP contribution in [0.1, 0.15) is 26.7 Å².